The summed E-state index contributed by atoms with van der Waals surface area (Å²) in [6.07, 6.45) is 2.20. The number of hydrogen-bond acceptors (Lipinski definition) is 4. The molecule has 6 heteroatoms. The number of nitrogens with two attached hydrogens (primary N) is 1. The Morgan fingerprint density at radius 3 is 2.62 bits per heavy atom. The van der Waals surface area contributed by atoms with Crippen LogP contribution in [0.25, 0.3) is 0 Å². The maximum absolute atomic E-state index is 12.9. The molecule has 1 atom stereocenters. The highest BCUT2D eigenvalue weighted by atomic mass is 32.2. The van der Waals surface area contributed by atoms with Gasteiger partial charge in [0.25, 0.3) is 0 Å². The zero-order chi connectivity index (χ0) is 15.6. The van der Waals surface area contributed by atoms with E-state index in [-0.39, 0.29) is 6.04 Å². The molecule has 0 bridgehead atoms. The van der Waals surface area contributed by atoms with Crippen molar-refractivity contribution in [2.45, 2.75) is 37.6 Å². The van der Waals surface area contributed by atoms with Gasteiger partial charge in [0, 0.05) is 25.4 Å². The van der Waals surface area contributed by atoms with Gasteiger partial charge in [0.15, 0.2) is 0 Å². The van der Waals surface area contributed by atoms with E-state index in [4.69, 9.17) is 10.5 Å². The second-order valence-electron chi connectivity index (χ2n) is 5.70. The number of ether oxygens (including phenoxy) is 1. The summed E-state index contributed by atoms with van der Waals surface area (Å²) >= 11 is 0. The van der Waals surface area contributed by atoms with E-state index in [9.17, 15) is 8.42 Å². The average Bonchev–Trinajstić information content (AvgIpc) is 3.26. The Hall–Kier alpha value is -1.11. The number of hydrogen-bond donors (Lipinski definition) is 1. The molecule has 1 aromatic carbocycles. The van der Waals surface area contributed by atoms with Crippen molar-refractivity contribution in [1.29, 1.82) is 0 Å². The van der Waals surface area contributed by atoms with Crippen molar-refractivity contribution >= 4 is 15.7 Å². The van der Waals surface area contributed by atoms with Crippen molar-refractivity contribution in [3.63, 3.8) is 0 Å². The van der Waals surface area contributed by atoms with Gasteiger partial charge in [-0.15, -0.1) is 0 Å². The van der Waals surface area contributed by atoms with Gasteiger partial charge in [0.2, 0.25) is 10.0 Å². The summed E-state index contributed by atoms with van der Waals surface area (Å²) in [6.45, 7) is 4.57. The van der Waals surface area contributed by atoms with E-state index in [1.165, 1.54) is 0 Å². The molecule has 1 aliphatic rings. The molecular weight excluding hydrogens is 288 g/mol. The van der Waals surface area contributed by atoms with Crippen LogP contribution >= 0.6 is 0 Å². The van der Waals surface area contributed by atoms with Crippen molar-refractivity contribution in [3.05, 3.63) is 23.8 Å². The summed E-state index contributed by atoms with van der Waals surface area (Å²) < 4.78 is 32.4. The predicted molar refractivity (Wildman–Crippen MR) is 83.5 cm³/mol. The predicted octanol–water partition coefficient (Wildman–Crippen LogP) is 2.01. The second kappa shape index (κ2) is 6.34. The number of aryl methyl sites for hydroxylation is 1. The van der Waals surface area contributed by atoms with Gasteiger partial charge >= 0.3 is 0 Å². The SMILES string of the molecule is COCCN(C(C)C1CC1)S(=O)(=O)c1ccc(N)c(C)c1. The summed E-state index contributed by atoms with van der Waals surface area (Å²) in [4.78, 5) is 0.304. The Labute approximate surface area is 127 Å². The van der Waals surface area contributed by atoms with Crippen molar-refractivity contribution in [2.75, 3.05) is 26.0 Å². The van der Waals surface area contributed by atoms with Crippen molar-refractivity contribution in [2.24, 2.45) is 5.92 Å². The van der Waals surface area contributed by atoms with Crippen LogP contribution in [0.15, 0.2) is 23.1 Å². The van der Waals surface area contributed by atoms with E-state index in [0.29, 0.717) is 29.7 Å². The number of anilines is 1. The molecule has 1 aromatic rings. The summed E-state index contributed by atoms with van der Waals surface area (Å²) in [6, 6.07) is 4.88. The lowest BCUT2D eigenvalue weighted by molar-refractivity contribution is 0.164. The van der Waals surface area contributed by atoms with Crippen LogP contribution in [0.3, 0.4) is 0 Å². The van der Waals surface area contributed by atoms with Gasteiger partial charge in [-0.2, -0.15) is 4.31 Å². The third kappa shape index (κ3) is 3.56. The van der Waals surface area contributed by atoms with Crippen molar-refractivity contribution in [1.82, 2.24) is 4.31 Å². The third-order valence-electron chi connectivity index (χ3n) is 4.12. The zero-order valence-corrected chi connectivity index (χ0v) is 13.7. The first-order valence-corrected chi connectivity index (χ1v) is 8.69. The van der Waals surface area contributed by atoms with E-state index in [2.05, 4.69) is 0 Å². The number of nitrogen functional groups attached to an aromatic ring is 1. The summed E-state index contributed by atoms with van der Waals surface area (Å²) in [5.41, 5.74) is 7.16. The van der Waals surface area contributed by atoms with Gasteiger partial charge in [-0.25, -0.2) is 8.42 Å². The smallest absolute Gasteiger partial charge is 0.243 e. The number of methoxy groups -OCH3 is 1. The average molecular weight is 312 g/mol. The van der Waals surface area contributed by atoms with Crippen molar-refractivity contribution < 1.29 is 13.2 Å². The molecule has 0 aliphatic heterocycles. The molecule has 118 valence electrons. The van der Waals surface area contributed by atoms with Crippen LogP contribution in [0, 0.1) is 12.8 Å². The van der Waals surface area contributed by atoms with Crippen LogP contribution in [0.4, 0.5) is 5.69 Å². The maximum Gasteiger partial charge on any atom is 0.243 e. The molecule has 1 fully saturated rings. The van der Waals surface area contributed by atoms with Crippen LogP contribution in [-0.4, -0.2) is 39.0 Å². The normalized spacial score (nSPS) is 17.1. The molecular formula is C15H24N2O3S. The van der Waals surface area contributed by atoms with Crippen LogP contribution in [0.5, 0.6) is 0 Å². The highest BCUT2D eigenvalue weighted by molar-refractivity contribution is 7.89. The monoisotopic (exact) mass is 312 g/mol. The quantitative estimate of drug-likeness (QED) is 0.782. The number of rotatable bonds is 7. The zero-order valence-electron chi connectivity index (χ0n) is 12.9. The fourth-order valence-electron chi connectivity index (χ4n) is 2.48. The first kappa shape index (κ1) is 16.3. The maximum atomic E-state index is 12.9. The molecule has 1 unspecified atom stereocenters. The minimum Gasteiger partial charge on any atom is -0.399 e. The lowest BCUT2D eigenvalue weighted by Crippen LogP contribution is -2.41. The number of benzene rings is 1. The Morgan fingerprint density at radius 2 is 2.10 bits per heavy atom. The molecule has 0 radical (unpaired) electrons. The Morgan fingerprint density at radius 1 is 1.43 bits per heavy atom. The Balaban J connectivity index is 2.33. The van der Waals surface area contributed by atoms with Crippen LogP contribution < -0.4 is 5.73 Å². The van der Waals surface area contributed by atoms with E-state index < -0.39 is 10.0 Å². The lowest BCUT2D eigenvalue weighted by Gasteiger charge is -2.28. The highest BCUT2D eigenvalue weighted by Gasteiger charge is 2.38. The van der Waals surface area contributed by atoms with E-state index in [0.717, 1.165) is 18.4 Å². The summed E-state index contributed by atoms with van der Waals surface area (Å²) in [5.74, 6) is 0.464. The van der Waals surface area contributed by atoms with Crippen molar-refractivity contribution in [3.8, 4) is 0 Å². The van der Waals surface area contributed by atoms with E-state index in [1.54, 1.807) is 29.6 Å². The van der Waals surface area contributed by atoms with Crippen LogP contribution in [0.2, 0.25) is 0 Å². The first-order chi connectivity index (χ1) is 9.87. The molecule has 0 aromatic heterocycles. The Bertz CT molecular complexity index is 597. The molecule has 0 amide bonds. The standard InChI is InChI=1S/C15H24N2O3S/c1-11-10-14(6-7-15(11)16)21(18,19)17(8-9-20-3)12(2)13-4-5-13/h6-7,10,12-13H,4-5,8-9,16H2,1-3H3. The molecule has 2 rings (SSSR count). The number of nitrogens with zero attached hydrogens (tertiary/aromatic N) is 1. The number of sulfonamides is 1. The van der Waals surface area contributed by atoms with Gasteiger partial charge in [-0.3, -0.25) is 0 Å². The molecule has 0 saturated heterocycles. The van der Waals surface area contributed by atoms with Crippen LogP contribution in [-0.2, 0) is 14.8 Å². The van der Waals surface area contributed by atoms with Gasteiger partial charge in [-0.1, -0.05) is 0 Å². The minimum atomic E-state index is -3.52. The Kier molecular flexibility index (Phi) is 4.91. The van der Waals surface area contributed by atoms with Gasteiger partial charge in [0.1, 0.15) is 0 Å². The third-order valence-corrected chi connectivity index (χ3v) is 6.10. The first-order valence-electron chi connectivity index (χ1n) is 7.25. The molecule has 2 N–H and O–H groups in total. The highest BCUT2D eigenvalue weighted by Crippen LogP contribution is 2.37. The topological polar surface area (TPSA) is 72.6 Å². The molecule has 0 heterocycles. The van der Waals surface area contributed by atoms with Gasteiger partial charge in [-0.05, 0) is 56.4 Å². The molecule has 1 aliphatic carbocycles. The molecule has 0 spiro atoms. The fourth-order valence-corrected chi connectivity index (χ4v) is 4.24. The molecule has 5 nitrogen and oxygen atoms in total. The summed E-state index contributed by atoms with van der Waals surface area (Å²) in [5, 5.41) is 0. The lowest BCUT2D eigenvalue weighted by atomic mass is 10.2. The largest absolute Gasteiger partial charge is 0.399 e. The van der Waals surface area contributed by atoms with Crippen LogP contribution in [0.1, 0.15) is 25.3 Å². The second-order valence-corrected chi connectivity index (χ2v) is 7.60. The fraction of sp³-hybridized carbons (Fsp3) is 0.600. The van der Waals surface area contributed by atoms with Gasteiger partial charge < -0.3 is 10.5 Å². The van der Waals surface area contributed by atoms with Gasteiger partial charge in [0.05, 0.1) is 11.5 Å². The molecule has 1 saturated carbocycles. The van der Waals surface area contributed by atoms with E-state index >= 15 is 0 Å². The van der Waals surface area contributed by atoms with E-state index in [1.807, 2.05) is 13.8 Å². The molecule has 21 heavy (non-hydrogen) atoms. The summed E-state index contributed by atoms with van der Waals surface area (Å²) in [7, 11) is -1.94. The minimum absolute atomic E-state index is 0.00279.